The topological polar surface area (TPSA) is 120 Å². The van der Waals surface area contributed by atoms with Crippen LogP contribution in [0.15, 0.2) is 64.3 Å². The van der Waals surface area contributed by atoms with Crippen molar-refractivity contribution >= 4 is 15.7 Å². The lowest BCUT2D eigenvalue weighted by Gasteiger charge is -2.21. The number of benzene rings is 2. The average molecular weight is 489 g/mol. The zero-order valence-corrected chi connectivity index (χ0v) is 18.7. The molecule has 0 aliphatic carbocycles. The first-order valence-electron chi connectivity index (χ1n) is 9.73. The summed E-state index contributed by atoms with van der Waals surface area (Å²) in [5.74, 6) is -0.924. The molecule has 1 aromatic heterocycles. The van der Waals surface area contributed by atoms with Gasteiger partial charge in [-0.05, 0) is 48.4 Å². The van der Waals surface area contributed by atoms with Gasteiger partial charge in [-0.1, -0.05) is 24.3 Å². The summed E-state index contributed by atoms with van der Waals surface area (Å²) in [4.78, 5) is 27.6. The van der Waals surface area contributed by atoms with Gasteiger partial charge in [0.25, 0.3) is 11.5 Å². The molecule has 3 rings (SSSR count). The van der Waals surface area contributed by atoms with Crippen molar-refractivity contribution in [3.05, 3.63) is 98.5 Å². The maximum Gasteiger partial charge on any atom is 0.416 e. The maximum absolute atomic E-state index is 13.3. The zero-order chi connectivity index (χ0) is 25.3. The molecule has 2 N–H and O–H groups in total. The molecule has 0 saturated heterocycles. The van der Waals surface area contributed by atoms with Gasteiger partial charge in [0.1, 0.15) is 11.6 Å². The molecule has 0 radical (unpaired) electrons. The molecule has 7 nitrogen and oxygen atoms in total. The second kappa shape index (κ2) is 9.15. The summed E-state index contributed by atoms with van der Waals surface area (Å²) < 4.78 is 63.4. The molecule has 0 saturated carbocycles. The van der Waals surface area contributed by atoms with Crippen LogP contribution in [-0.2, 0) is 16.0 Å². The van der Waals surface area contributed by atoms with E-state index in [4.69, 9.17) is 0 Å². The number of aryl methyl sites for hydroxylation is 1. The fourth-order valence-electron chi connectivity index (χ4n) is 3.28. The molecule has 34 heavy (non-hydrogen) atoms. The number of aromatic amines is 1. The third-order valence-electron chi connectivity index (χ3n) is 5.07. The van der Waals surface area contributed by atoms with Crippen LogP contribution in [0.25, 0.3) is 0 Å². The van der Waals surface area contributed by atoms with Gasteiger partial charge in [0.2, 0.25) is 0 Å². The Kier molecular flexibility index (Phi) is 6.65. The predicted molar refractivity (Wildman–Crippen MR) is 117 cm³/mol. The fourth-order valence-corrected chi connectivity index (χ4v) is 3.91. The number of halogens is 3. The van der Waals surface area contributed by atoms with Crippen molar-refractivity contribution in [2.45, 2.75) is 24.0 Å². The quantitative estimate of drug-likeness (QED) is 0.569. The first-order chi connectivity index (χ1) is 15.8. The number of rotatable bonds is 5. The van der Waals surface area contributed by atoms with Gasteiger partial charge < -0.3 is 10.3 Å². The highest BCUT2D eigenvalue weighted by Crippen LogP contribution is 2.32. The van der Waals surface area contributed by atoms with E-state index in [2.05, 4.69) is 10.3 Å². The lowest BCUT2D eigenvalue weighted by molar-refractivity contribution is -0.137. The number of aromatic nitrogens is 1. The van der Waals surface area contributed by atoms with Crippen LogP contribution in [0.4, 0.5) is 13.2 Å². The number of carbonyl (C=O) groups excluding carboxylic acids is 1. The highest BCUT2D eigenvalue weighted by Gasteiger charge is 2.31. The Morgan fingerprint density at radius 3 is 2.29 bits per heavy atom. The van der Waals surface area contributed by atoms with Crippen LogP contribution in [0.3, 0.4) is 0 Å². The van der Waals surface area contributed by atoms with Gasteiger partial charge in [0.05, 0.1) is 22.1 Å². The van der Waals surface area contributed by atoms with Crippen molar-refractivity contribution in [2.75, 3.05) is 6.26 Å². The summed E-state index contributed by atoms with van der Waals surface area (Å²) in [6, 6.07) is 11.3. The van der Waals surface area contributed by atoms with Gasteiger partial charge in [-0.15, -0.1) is 0 Å². The van der Waals surface area contributed by atoms with Crippen molar-refractivity contribution in [3.63, 3.8) is 0 Å². The Morgan fingerprint density at radius 1 is 1.09 bits per heavy atom. The second-order valence-corrected chi connectivity index (χ2v) is 9.55. The lowest BCUT2D eigenvalue weighted by Crippen LogP contribution is -2.34. The van der Waals surface area contributed by atoms with Crippen LogP contribution in [0.5, 0.6) is 0 Å². The molecule has 0 aliphatic rings. The number of carbonyl (C=O) groups is 1. The van der Waals surface area contributed by atoms with Crippen molar-refractivity contribution in [1.29, 1.82) is 5.26 Å². The minimum absolute atomic E-state index is 0.0148. The Labute approximate surface area is 192 Å². The molecule has 1 unspecified atom stereocenters. The highest BCUT2D eigenvalue weighted by atomic mass is 32.2. The summed E-state index contributed by atoms with van der Waals surface area (Å²) in [5.41, 5.74) is -1.47. The largest absolute Gasteiger partial charge is 0.416 e. The van der Waals surface area contributed by atoms with E-state index in [0.29, 0.717) is 0 Å². The van der Waals surface area contributed by atoms with Gasteiger partial charge in [-0.25, -0.2) is 8.42 Å². The summed E-state index contributed by atoms with van der Waals surface area (Å²) in [5, 5.41) is 11.7. The van der Waals surface area contributed by atoms with Crippen molar-refractivity contribution in [1.82, 2.24) is 10.3 Å². The number of nitrogens with zero attached hydrogens (tertiary/aromatic N) is 1. The number of nitriles is 1. The smallest absolute Gasteiger partial charge is 0.341 e. The maximum atomic E-state index is 13.3. The second-order valence-electron chi connectivity index (χ2n) is 7.53. The highest BCUT2D eigenvalue weighted by molar-refractivity contribution is 7.90. The van der Waals surface area contributed by atoms with E-state index in [9.17, 15) is 36.4 Å². The number of amides is 1. The molecule has 1 atom stereocenters. The molecule has 2 aromatic carbocycles. The van der Waals surface area contributed by atoms with Gasteiger partial charge in [-0.3, -0.25) is 9.59 Å². The third kappa shape index (κ3) is 5.35. The van der Waals surface area contributed by atoms with Gasteiger partial charge >= 0.3 is 6.18 Å². The summed E-state index contributed by atoms with van der Waals surface area (Å²) in [6.07, 6.45) is -3.63. The monoisotopic (exact) mass is 489 g/mol. The Hall–Kier alpha value is -3.91. The van der Waals surface area contributed by atoms with Crippen molar-refractivity contribution in [3.8, 4) is 6.07 Å². The minimum atomic E-state index is -4.64. The SMILES string of the molecule is Cc1[nH]c(=O)c(C(=O)NC(c2ccc(S(C)(=O)=O)cc2)c2cccc(C(F)(F)F)c2)cc1C#N. The zero-order valence-electron chi connectivity index (χ0n) is 17.9. The average Bonchev–Trinajstić information content (AvgIpc) is 2.76. The molecule has 0 fully saturated rings. The standard InChI is InChI=1S/C23H18F3N3O4S/c1-13-16(12-27)11-19(21(30)28-13)22(31)29-20(14-6-8-18(9-7-14)34(2,32)33)15-4-3-5-17(10-15)23(24,25)26/h3-11,20H,1-2H3,(H,28,30)(H,29,31). The lowest BCUT2D eigenvalue weighted by atomic mass is 9.96. The molecule has 1 heterocycles. The minimum Gasteiger partial charge on any atom is -0.341 e. The molecular weight excluding hydrogens is 471 g/mol. The number of hydrogen-bond acceptors (Lipinski definition) is 5. The van der Waals surface area contributed by atoms with Crippen LogP contribution in [-0.4, -0.2) is 25.6 Å². The normalized spacial score (nSPS) is 12.6. The Morgan fingerprint density at radius 2 is 1.74 bits per heavy atom. The number of sulfone groups is 1. The number of alkyl halides is 3. The van der Waals surface area contributed by atoms with Crippen LogP contribution in [0.2, 0.25) is 0 Å². The van der Waals surface area contributed by atoms with Crippen LogP contribution >= 0.6 is 0 Å². The van der Waals surface area contributed by atoms with Crippen LogP contribution < -0.4 is 10.9 Å². The first kappa shape index (κ1) is 24.7. The molecule has 0 aliphatic heterocycles. The van der Waals surface area contributed by atoms with Crippen LogP contribution in [0, 0.1) is 18.3 Å². The molecule has 3 aromatic rings. The fraction of sp³-hybridized carbons (Fsp3) is 0.174. The number of hydrogen-bond donors (Lipinski definition) is 2. The third-order valence-corrected chi connectivity index (χ3v) is 6.20. The Balaban J connectivity index is 2.10. The summed E-state index contributed by atoms with van der Waals surface area (Å²) in [7, 11) is -3.53. The molecule has 0 spiro atoms. The van der Waals surface area contributed by atoms with E-state index < -0.39 is 44.6 Å². The summed E-state index contributed by atoms with van der Waals surface area (Å²) >= 11 is 0. The van der Waals surface area contributed by atoms with Gasteiger partial charge in [-0.2, -0.15) is 18.4 Å². The number of H-pyrrole nitrogens is 1. The molecule has 11 heteroatoms. The van der Waals surface area contributed by atoms with E-state index in [1.807, 2.05) is 6.07 Å². The van der Waals surface area contributed by atoms with E-state index in [1.165, 1.54) is 43.3 Å². The Bertz CT molecular complexity index is 1450. The van der Waals surface area contributed by atoms with E-state index in [0.717, 1.165) is 24.5 Å². The number of nitrogens with one attached hydrogen (secondary N) is 2. The molecule has 1 amide bonds. The van der Waals surface area contributed by atoms with Crippen molar-refractivity contribution in [2.24, 2.45) is 0 Å². The van der Waals surface area contributed by atoms with E-state index >= 15 is 0 Å². The van der Waals surface area contributed by atoms with Gasteiger partial charge in [0, 0.05) is 11.9 Å². The van der Waals surface area contributed by atoms with Crippen LogP contribution in [0.1, 0.15) is 44.3 Å². The predicted octanol–water partition coefficient (Wildman–Crippen LogP) is 3.50. The number of pyridine rings is 1. The molecule has 176 valence electrons. The molecule has 0 bridgehead atoms. The van der Waals surface area contributed by atoms with Gasteiger partial charge in [0.15, 0.2) is 9.84 Å². The van der Waals surface area contributed by atoms with E-state index in [-0.39, 0.29) is 27.3 Å². The van der Waals surface area contributed by atoms with Crippen molar-refractivity contribution < 1.29 is 26.4 Å². The molecular formula is C23H18F3N3O4S. The summed E-state index contributed by atoms with van der Waals surface area (Å²) in [6.45, 7) is 1.48. The first-order valence-corrected chi connectivity index (χ1v) is 11.6. The van der Waals surface area contributed by atoms with E-state index in [1.54, 1.807) is 0 Å².